The molecule has 0 bridgehead atoms. The molecule has 5 rings (SSSR count). The molecule has 4 aliphatic rings. The minimum absolute atomic E-state index is 0.0556. The monoisotopic (exact) mass is 585 g/mol. The predicted octanol–water partition coefficient (Wildman–Crippen LogP) is 3.88. The molecule has 0 spiro atoms. The number of ether oxygens (including phenoxy) is 3. The zero-order valence-corrected chi connectivity index (χ0v) is 26.7. The third kappa shape index (κ3) is 6.30. The number of methoxy groups -OCH3 is 1. The SMILES string of the molecule is COC1CCN(C(=O)N2CCc3cc(B4OC(C)(C)C(C)(C)O4)cc([C@@H]4COCCN4C(=O)OC(C)(C)C)c3C2)CC1. The minimum atomic E-state index is -0.622. The van der Waals surface area contributed by atoms with Crippen LogP contribution in [0.4, 0.5) is 9.59 Å². The summed E-state index contributed by atoms with van der Waals surface area (Å²) in [5.41, 5.74) is 2.49. The van der Waals surface area contributed by atoms with Crippen molar-refractivity contribution in [2.75, 3.05) is 46.5 Å². The van der Waals surface area contributed by atoms with Gasteiger partial charge >= 0.3 is 19.2 Å². The van der Waals surface area contributed by atoms with Gasteiger partial charge in [0.1, 0.15) is 5.60 Å². The molecular formula is C31H48BN3O7. The number of hydrogen-bond acceptors (Lipinski definition) is 7. The zero-order chi connectivity index (χ0) is 30.4. The number of benzene rings is 1. The van der Waals surface area contributed by atoms with Gasteiger partial charge in [-0.25, -0.2) is 9.59 Å². The van der Waals surface area contributed by atoms with Crippen LogP contribution in [-0.2, 0) is 36.5 Å². The molecule has 0 aromatic heterocycles. The van der Waals surface area contributed by atoms with Crippen LogP contribution in [0.3, 0.4) is 0 Å². The molecule has 42 heavy (non-hydrogen) atoms. The molecule has 232 valence electrons. The van der Waals surface area contributed by atoms with Gasteiger partial charge in [0.15, 0.2) is 0 Å². The molecule has 3 amide bonds. The van der Waals surface area contributed by atoms with Crippen LogP contribution in [0, 0.1) is 0 Å². The van der Waals surface area contributed by atoms with Crippen molar-refractivity contribution in [3.05, 3.63) is 28.8 Å². The smallest absolute Gasteiger partial charge is 0.444 e. The number of piperidine rings is 1. The molecule has 0 radical (unpaired) electrons. The van der Waals surface area contributed by atoms with Gasteiger partial charge in [-0.15, -0.1) is 0 Å². The largest absolute Gasteiger partial charge is 0.494 e. The Morgan fingerprint density at radius 2 is 1.64 bits per heavy atom. The first-order valence-electron chi connectivity index (χ1n) is 15.3. The maximum atomic E-state index is 13.7. The van der Waals surface area contributed by atoms with E-state index in [1.807, 2.05) is 58.3 Å². The van der Waals surface area contributed by atoms with E-state index in [1.165, 1.54) is 0 Å². The van der Waals surface area contributed by atoms with Gasteiger partial charge in [-0.1, -0.05) is 12.1 Å². The number of morpholine rings is 1. The number of likely N-dealkylation sites (tertiary alicyclic amines) is 1. The van der Waals surface area contributed by atoms with Crippen LogP contribution in [0.15, 0.2) is 12.1 Å². The number of carbonyl (C=O) groups is 2. The summed E-state index contributed by atoms with van der Waals surface area (Å²) in [6.45, 7) is 17.5. The van der Waals surface area contributed by atoms with E-state index in [4.69, 9.17) is 23.5 Å². The Morgan fingerprint density at radius 3 is 2.26 bits per heavy atom. The molecule has 10 nitrogen and oxygen atoms in total. The van der Waals surface area contributed by atoms with Crippen LogP contribution < -0.4 is 5.46 Å². The van der Waals surface area contributed by atoms with Crippen molar-refractivity contribution >= 4 is 24.7 Å². The molecular weight excluding hydrogens is 537 g/mol. The van der Waals surface area contributed by atoms with Crippen LogP contribution in [0.25, 0.3) is 0 Å². The predicted molar refractivity (Wildman–Crippen MR) is 160 cm³/mol. The number of carbonyl (C=O) groups excluding carboxylic acids is 2. The summed E-state index contributed by atoms with van der Waals surface area (Å²) in [7, 11) is 1.19. The maximum absolute atomic E-state index is 13.7. The summed E-state index contributed by atoms with van der Waals surface area (Å²) in [6.07, 6.45) is 2.24. The topological polar surface area (TPSA) is 90.0 Å². The second-order valence-electron chi connectivity index (χ2n) is 14.0. The summed E-state index contributed by atoms with van der Waals surface area (Å²) < 4.78 is 30.1. The number of hydrogen-bond donors (Lipinski definition) is 0. The minimum Gasteiger partial charge on any atom is -0.444 e. The van der Waals surface area contributed by atoms with E-state index in [0.29, 0.717) is 52.4 Å². The van der Waals surface area contributed by atoms with Crippen molar-refractivity contribution in [2.24, 2.45) is 0 Å². The highest BCUT2D eigenvalue weighted by atomic mass is 16.7. The van der Waals surface area contributed by atoms with Crippen molar-refractivity contribution in [2.45, 2.75) is 103 Å². The number of rotatable bonds is 3. The lowest BCUT2D eigenvalue weighted by atomic mass is 9.74. The molecule has 3 fully saturated rings. The van der Waals surface area contributed by atoms with Crippen LogP contribution in [-0.4, -0.2) is 103 Å². The van der Waals surface area contributed by atoms with E-state index in [0.717, 1.165) is 35.0 Å². The lowest BCUT2D eigenvalue weighted by Gasteiger charge is -2.41. The van der Waals surface area contributed by atoms with E-state index in [2.05, 4.69) is 12.1 Å². The Kier molecular flexibility index (Phi) is 8.61. The van der Waals surface area contributed by atoms with Gasteiger partial charge in [-0.2, -0.15) is 0 Å². The summed E-state index contributed by atoms with van der Waals surface area (Å²) in [5, 5.41) is 0. The Bertz CT molecular complexity index is 1160. The van der Waals surface area contributed by atoms with E-state index in [9.17, 15) is 9.59 Å². The van der Waals surface area contributed by atoms with Gasteiger partial charge in [0, 0.05) is 39.8 Å². The van der Waals surface area contributed by atoms with E-state index in [1.54, 1.807) is 12.0 Å². The number of amides is 3. The van der Waals surface area contributed by atoms with Gasteiger partial charge in [-0.05, 0) is 89.9 Å². The maximum Gasteiger partial charge on any atom is 0.494 e. The van der Waals surface area contributed by atoms with Crippen molar-refractivity contribution in [1.29, 1.82) is 0 Å². The van der Waals surface area contributed by atoms with Crippen molar-refractivity contribution < 1.29 is 33.1 Å². The first-order chi connectivity index (χ1) is 19.7. The first-order valence-corrected chi connectivity index (χ1v) is 15.3. The van der Waals surface area contributed by atoms with Crippen LogP contribution in [0.5, 0.6) is 0 Å². The number of urea groups is 1. The molecule has 0 aliphatic carbocycles. The third-order valence-corrected chi connectivity index (χ3v) is 9.36. The van der Waals surface area contributed by atoms with Crippen molar-refractivity contribution in [3.63, 3.8) is 0 Å². The summed E-state index contributed by atoms with van der Waals surface area (Å²) in [5.74, 6) is 0. The number of fused-ring (bicyclic) bond motifs is 1. The standard InChI is InChI=1S/C31H48BN3O7/c1-29(2,3)40-28(37)35-15-16-39-20-26(35)24-18-22(32-41-30(4,5)31(6,7)42-32)17-21-9-12-34(19-25(21)24)27(36)33-13-10-23(38-8)11-14-33/h17-18,23,26H,9-16,19-20H2,1-8H3/t26-/m0/s1. The fourth-order valence-electron chi connectivity index (χ4n) is 6.18. The van der Waals surface area contributed by atoms with E-state index < -0.39 is 23.9 Å². The summed E-state index contributed by atoms with van der Waals surface area (Å²) >= 11 is 0. The van der Waals surface area contributed by atoms with Gasteiger partial charge in [0.2, 0.25) is 0 Å². The molecule has 3 saturated heterocycles. The lowest BCUT2D eigenvalue weighted by molar-refractivity contribution is -0.0334. The summed E-state index contributed by atoms with van der Waals surface area (Å²) in [4.78, 5) is 32.7. The quantitative estimate of drug-likeness (QED) is 0.498. The first kappa shape index (κ1) is 31.1. The second kappa shape index (κ2) is 11.6. The highest BCUT2D eigenvalue weighted by molar-refractivity contribution is 6.62. The fraction of sp³-hybridized carbons (Fsp3) is 0.742. The molecule has 0 unspecified atom stereocenters. The molecule has 1 aromatic rings. The molecule has 1 aromatic carbocycles. The fourth-order valence-corrected chi connectivity index (χ4v) is 6.18. The van der Waals surface area contributed by atoms with Gasteiger partial charge < -0.3 is 33.3 Å². The van der Waals surface area contributed by atoms with E-state index in [-0.39, 0.29) is 24.3 Å². The Balaban J connectivity index is 1.49. The molecule has 4 heterocycles. The zero-order valence-electron chi connectivity index (χ0n) is 26.7. The van der Waals surface area contributed by atoms with Crippen LogP contribution in [0.1, 0.15) is 84.0 Å². The van der Waals surface area contributed by atoms with Crippen molar-refractivity contribution in [3.8, 4) is 0 Å². The third-order valence-electron chi connectivity index (χ3n) is 9.36. The lowest BCUT2D eigenvalue weighted by Crippen LogP contribution is -2.50. The highest BCUT2D eigenvalue weighted by Crippen LogP contribution is 2.38. The normalized spacial score (nSPS) is 24.5. The average Bonchev–Trinajstić information content (AvgIpc) is 3.17. The summed E-state index contributed by atoms with van der Waals surface area (Å²) in [6, 6.07) is 3.95. The Labute approximate surface area is 251 Å². The van der Waals surface area contributed by atoms with Crippen LogP contribution >= 0.6 is 0 Å². The molecule has 1 atom stereocenters. The molecule has 11 heteroatoms. The van der Waals surface area contributed by atoms with Gasteiger partial charge in [0.05, 0.1) is 36.6 Å². The van der Waals surface area contributed by atoms with Gasteiger partial charge in [0.25, 0.3) is 0 Å². The highest BCUT2D eigenvalue weighted by Gasteiger charge is 2.52. The number of nitrogens with zero attached hydrogens (tertiary/aromatic N) is 3. The molecule has 0 N–H and O–H groups in total. The van der Waals surface area contributed by atoms with E-state index >= 15 is 0 Å². The molecule has 4 aliphatic heterocycles. The average molecular weight is 586 g/mol. The van der Waals surface area contributed by atoms with Crippen molar-refractivity contribution in [1.82, 2.24) is 14.7 Å². The Morgan fingerprint density at radius 1 is 0.976 bits per heavy atom. The van der Waals surface area contributed by atoms with Crippen LogP contribution in [0.2, 0.25) is 0 Å². The second-order valence-corrected chi connectivity index (χ2v) is 14.0. The van der Waals surface area contributed by atoms with Gasteiger partial charge in [-0.3, -0.25) is 4.90 Å². The molecule has 0 saturated carbocycles. The Hall–Kier alpha value is -2.34.